The summed E-state index contributed by atoms with van der Waals surface area (Å²) in [6.45, 7) is 6.38. The Kier molecular flexibility index (Phi) is 5.16. The number of benzene rings is 1. The number of piperidine rings is 1. The predicted octanol–water partition coefficient (Wildman–Crippen LogP) is 5.08. The van der Waals surface area contributed by atoms with Gasteiger partial charge < -0.3 is 0 Å². The molecular weight excluding hydrogens is 343 g/mol. The lowest BCUT2D eigenvalue weighted by Crippen LogP contribution is -2.39. The van der Waals surface area contributed by atoms with Gasteiger partial charge in [0.1, 0.15) is 5.15 Å². The van der Waals surface area contributed by atoms with Gasteiger partial charge in [-0.1, -0.05) is 29.3 Å². The Morgan fingerprint density at radius 1 is 1.21 bits per heavy atom. The van der Waals surface area contributed by atoms with Crippen LogP contribution in [0.2, 0.25) is 10.2 Å². The lowest BCUT2D eigenvalue weighted by molar-refractivity contribution is 0.109. The minimum atomic E-state index is 0.451. The van der Waals surface area contributed by atoms with Gasteiger partial charge in [-0.25, -0.2) is 4.68 Å². The van der Waals surface area contributed by atoms with E-state index in [2.05, 4.69) is 24.0 Å². The molecule has 4 nitrogen and oxygen atoms in total. The Balaban J connectivity index is 1.91. The van der Waals surface area contributed by atoms with Gasteiger partial charge >= 0.3 is 0 Å². The predicted molar refractivity (Wildman–Crippen MR) is 101 cm³/mol. The number of aryl methyl sites for hydroxylation is 1. The fraction of sp³-hybridized carbons (Fsp3) is 0.444. The van der Waals surface area contributed by atoms with Crippen LogP contribution in [-0.4, -0.2) is 33.1 Å². The third kappa shape index (κ3) is 3.45. The Hall–Kier alpha value is -1.52. The van der Waals surface area contributed by atoms with Gasteiger partial charge in [0.25, 0.3) is 0 Å². The average molecular weight is 365 g/mol. The van der Waals surface area contributed by atoms with E-state index in [1.54, 1.807) is 4.68 Å². The van der Waals surface area contributed by atoms with E-state index < -0.39 is 0 Å². The number of hydrogen-bond acceptors (Lipinski definition) is 3. The van der Waals surface area contributed by atoms with Crippen LogP contribution in [0.3, 0.4) is 0 Å². The van der Waals surface area contributed by atoms with Crippen LogP contribution in [0.25, 0.3) is 5.69 Å². The Morgan fingerprint density at radius 2 is 1.92 bits per heavy atom. The standard InChI is InChI=1S/C18H22Cl2N4/c1-12-6-4-7-13(2)23(12)21-11-17-14(3)22-24(18(17)20)16-9-5-8-15(19)10-16/h5,8-13H,4,6-7H2,1-3H3/b21-11-. The van der Waals surface area contributed by atoms with Crippen molar-refractivity contribution in [2.45, 2.75) is 52.1 Å². The molecule has 2 unspecified atom stereocenters. The van der Waals surface area contributed by atoms with E-state index in [9.17, 15) is 0 Å². The van der Waals surface area contributed by atoms with Gasteiger partial charge in [-0.2, -0.15) is 10.2 Å². The van der Waals surface area contributed by atoms with Crippen molar-refractivity contribution in [3.05, 3.63) is 45.7 Å². The molecule has 6 heteroatoms. The third-order valence-electron chi connectivity index (χ3n) is 4.57. The number of hydrazone groups is 1. The van der Waals surface area contributed by atoms with E-state index in [4.69, 9.17) is 28.3 Å². The first-order valence-electron chi connectivity index (χ1n) is 8.30. The molecule has 1 aliphatic rings. The van der Waals surface area contributed by atoms with Crippen LogP contribution in [0.4, 0.5) is 0 Å². The lowest BCUT2D eigenvalue weighted by Gasteiger charge is -2.36. The van der Waals surface area contributed by atoms with E-state index in [-0.39, 0.29) is 0 Å². The molecule has 1 aliphatic heterocycles. The third-order valence-corrected chi connectivity index (χ3v) is 5.17. The van der Waals surface area contributed by atoms with Gasteiger partial charge in [-0.05, 0) is 58.2 Å². The van der Waals surface area contributed by atoms with E-state index in [1.807, 2.05) is 37.4 Å². The van der Waals surface area contributed by atoms with Gasteiger partial charge in [0.05, 0.1) is 23.2 Å². The maximum Gasteiger partial charge on any atom is 0.142 e. The first-order valence-corrected chi connectivity index (χ1v) is 9.06. The first-order chi connectivity index (χ1) is 11.5. The minimum absolute atomic E-state index is 0.451. The first kappa shape index (κ1) is 17.3. The summed E-state index contributed by atoms with van der Waals surface area (Å²) >= 11 is 12.6. The molecule has 0 spiro atoms. The van der Waals surface area contributed by atoms with Crippen LogP contribution in [0.5, 0.6) is 0 Å². The van der Waals surface area contributed by atoms with Gasteiger partial charge in [-0.15, -0.1) is 0 Å². The summed E-state index contributed by atoms with van der Waals surface area (Å²) in [5.41, 5.74) is 2.54. The quantitative estimate of drug-likeness (QED) is 0.711. The van der Waals surface area contributed by atoms with Gasteiger partial charge in [0.2, 0.25) is 0 Å². The summed E-state index contributed by atoms with van der Waals surface area (Å²) < 4.78 is 1.70. The molecule has 2 atom stereocenters. The monoisotopic (exact) mass is 364 g/mol. The summed E-state index contributed by atoms with van der Waals surface area (Å²) in [7, 11) is 0. The second-order valence-electron chi connectivity index (χ2n) is 6.44. The van der Waals surface area contributed by atoms with Crippen molar-refractivity contribution < 1.29 is 0 Å². The number of aromatic nitrogens is 2. The molecule has 0 amide bonds. The minimum Gasteiger partial charge on any atom is -0.292 e. The van der Waals surface area contributed by atoms with Crippen molar-refractivity contribution >= 4 is 29.4 Å². The molecule has 0 saturated carbocycles. The molecule has 128 valence electrons. The van der Waals surface area contributed by atoms with Crippen molar-refractivity contribution in [1.29, 1.82) is 0 Å². The second-order valence-corrected chi connectivity index (χ2v) is 7.23. The highest BCUT2D eigenvalue weighted by molar-refractivity contribution is 6.32. The smallest absolute Gasteiger partial charge is 0.142 e. The molecule has 2 heterocycles. The molecular formula is C18H22Cl2N4. The Bertz CT molecular complexity index is 743. The number of rotatable bonds is 3. The molecule has 1 saturated heterocycles. The number of hydrogen-bond donors (Lipinski definition) is 0. The topological polar surface area (TPSA) is 33.4 Å². The molecule has 1 fully saturated rings. The molecule has 0 bridgehead atoms. The van der Waals surface area contributed by atoms with Gasteiger partial charge in [0, 0.05) is 17.1 Å². The summed E-state index contributed by atoms with van der Waals surface area (Å²) in [5.74, 6) is 0. The van der Waals surface area contributed by atoms with Gasteiger partial charge in [0.15, 0.2) is 0 Å². The van der Waals surface area contributed by atoms with Crippen molar-refractivity contribution in [3.8, 4) is 5.69 Å². The van der Waals surface area contributed by atoms with E-state index in [1.165, 1.54) is 19.3 Å². The summed E-state index contributed by atoms with van der Waals surface area (Å²) in [5, 5.41) is 12.6. The van der Waals surface area contributed by atoms with Crippen LogP contribution >= 0.6 is 23.2 Å². The van der Waals surface area contributed by atoms with E-state index in [0.29, 0.717) is 22.3 Å². The number of nitrogens with zero attached hydrogens (tertiary/aromatic N) is 4. The van der Waals surface area contributed by atoms with Crippen molar-refractivity contribution in [2.75, 3.05) is 0 Å². The molecule has 3 rings (SSSR count). The molecule has 0 aliphatic carbocycles. The zero-order valence-corrected chi connectivity index (χ0v) is 15.7. The number of halogens is 2. The maximum atomic E-state index is 6.55. The largest absolute Gasteiger partial charge is 0.292 e. The van der Waals surface area contributed by atoms with Crippen molar-refractivity contribution in [1.82, 2.24) is 14.8 Å². The molecule has 2 aromatic rings. The van der Waals surface area contributed by atoms with Crippen LogP contribution in [0, 0.1) is 6.92 Å². The molecule has 24 heavy (non-hydrogen) atoms. The molecule has 1 aromatic carbocycles. The lowest BCUT2D eigenvalue weighted by atomic mass is 10.00. The fourth-order valence-corrected chi connectivity index (χ4v) is 3.70. The molecule has 1 aromatic heterocycles. The van der Waals surface area contributed by atoms with Crippen LogP contribution < -0.4 is 0 Å². The fourth-order valence-electron chi connectivity index (χ4n) is 3.20. The van der Waals surface area contributed by atoms with Gasteiger partial charge in [-0.3, -0.25) is 5.01 Å². The SMILES string of the molecule is Cc1nn(-c2cccc(Cl)c2)c(Cl)c1/C=N\N1C(C)CCCC1C. The summed E-state index contributed by atoms with van der Waals surface area (Å²) in [6, 6.07) is 8.39. The Labute approximate surface area is 153 Å². The van der Waals surface area contributed by atoms with E-state index in [0.717, 1.165) is 16.9 Å². The zero-order valence-electron chi connectivity index (χ0n) is 14.2. The molecule has 0 N–H and O–H groups in total. The summed E-state index contributed by atoms with van der Waals surface area (Å²) in [4.78, 5) is 0. The van der Waals surface area contributed by atoms with Crippen LogP contribution in [0.1, 0.15) is 44.4 Å². The van der Waals surface area contributed by atoms with Crippen molar-refractivity contribution in [3.63, 3.8) is 0 Å². The second kappa shape index (κ2) is 7.16. The highest BCUT2D eigenvalue weighted by Gasteiger charge is 2.23. The Morgan fingerprint density at radius 3 is 2.58 bits per heavy atom. The van der Waals surface area contributed by atoms with Crippen LogP contribution in [0.15, 0.2) is 29.4 Å². The highest BCUT2D eigenvalue weighted by Crippen LogP contribution is 2.26. The summed E-state index contributed by atoms with van der Waals surface area (Å²) in [6.07, 6.45) is 5.46. The van der Waals surface area contributed by atoms with E-state index >= 15 is 0 Å². The molecule has 0 radical (unpaired) electrons. The maximum absolute atomic E-state index is 6.55. The zero-order chi connectivity index (χ0) is 17.3. The van der Waals surface area contributed by atoms with Crippen molar-refractivity contribution in [2.24, 2.45) is 5.10 Å². The average Bonchev–Trinajstić information content (AvgIpc) is 2.82. The van der Waals surface area contributed by atoms with Crippen LogP contribution in [-0.2, 0) is 0 Å². The highest BCUT2D eigenvalue weighted by atomic mass is 35.5. The normalized spacial score (nSPS) is 21.6.